The summed E-state index contributed by atoms with van der Waals surface area (Å²) in [5, 5.41) is 11.3. The minimum absolute atomic E-state index is 0.317. The summed E-state index contributed by atoms with van der Waals surface area (Å²) in [6.07, 6.45) is -0.668. The van der Waals surface area contributed by atoms with Gasteiger partial charge in [0.25, 0.3) is 0 Å². The van der Waals surface area contributed by atoms with Crippen LogP contribution in [0.4, 0.5) is 4.39 Å². The number of nitrogens with zero attached hydrogens (tertiary/aromatic N) is 2. The molecule has 2 heterocycles. The average molecular weight is 379 g/mol. The van der Waals surface area contributed by atoms with Crippen molar-refractivity contribution < 1.29 is 9.50 Å². The SMILES string of the molecule is O[C@H]1CSc2nc3ccccc3n2[C@@H]1c1cc(Br)ccc1F. The molecule has 112 valence electrons. The summed E-state index contributed by atoms with van der Waals surface area (Å²) in [4.78, 5) is 4.60. The van der Waals surface area contributed by atoms with Gasteiger partial charge in [-0.15, -0.1) is 0 Å². The second-order valence-corrected chi connectivity index (χ2v) is 7.14. The molecule has 0 amide bonds. The van der Waals surface area contributed by atoms with Gasteiger partial charge >= 0.3 is 0 Å². The molecule has 0 radical (unpaired) electrons. The summed E-state index contributed by atoms with van der Waals surface area (Å²) in [7, 11) is 0. The minimum atomic E-state index is -0.668. The number of aromatic nitrogens is 2. The molecule has 0 spiro atoms. The van der Waals surface area contributed by atoms with E-state index in [0.29, 0.717) is 11.3 Å². The molecule has 0 unspecified atom stereocenters. The number of hydrogen-bond donors (Lipinski definition) is 1. The summed E-state index contributed by atoms with van der Waals surface area (Å²) in [6, 6.07) is 12.1. The van der Waals surface area contributed by atoms with Crippen LogP contribution in [0.25, 0.3) is 11.0 Å². The number of fused-ring (bicyclic) bond motifs is 3. The molecule has 0 saturated carbocycles. The van der Waals surface area contributed by atoms with Gasteiger partial charge in [-0.2, -0.15) is 0 Å². The normalized spacial score (nSPS) is 21.0. The Morgan fingerprint density at radius 1 is 1.27 bits per heavy atom. The van der Waals surface area contributed by atoms with Gasteiger partial charge < -0.3 is 9.67 Å². The summed E-state index contributed by atoms with van der Waals surface area (Å²) in [5.41, 5.74) is 2.25. The molecule has 2 atom stereocenters. The first kappa shape index (κ1) is 14.2. The number of imidazole rings is 1. The molecule has 0 saturated heterocycles. The second-order valence-electron chi connectivity index (χ2n) is 5.24. The zero-order valence-corrected chi connectivity index (χ0v) is 13.8. The number of rotatable bonds is 1. The molecule has 1 aliphatic rings. The van der Waals surface area contributed by atoms with E-state index >= 15 is 0 Å². The van der Waals surface area contributed by atoms with E-state index in [1.54, 1.807) is 12.1 Å². The lowest BCUT2D eigenvalue weighted by Gasteiger charge is -2.31. The quantitative estimate of drug-likeness (QED) is 0.695. The molecule has 2 aromatic carbocycles. The highest BCUT2D eigenvalue weighted by Gasteiger charge is 2.33. The Balaban J connectivity index is 1.99. The van der Waals surface area contributed by atoms with E-state index in [4.69, 9.17) is 0 Å². The smallest absolute Gasteiger partial charge is 0.169 e. The lowest BCUT2D eigenvalue weighted by atomic mass is 10.0. The lowest BCUT2D eigenvalue weighted by molar-refractivity contribution is 0.144. The van der Waals surface area contributed by atoms with E-state index in [-0.39, 0.29) is 5.82 Å². The highest BCUT2D eigenvalue weighted by molar-refractivity contribution is 9.10. The molecule has 0 fully saturated rings. The number of aliphatic hydroxyl groups excluding tert-OH is 1. The maximum absolute atomic E-state index is 14.4. The molecule has 6 heteroatoms. The van der Waals surface area contributed by atoms with E-state index < -0.39 is 12.1 Å². The van der Waals surface area contributed by atoms with Crippen molar-refractivity contribution in [2.75, 3.05) is 5.75 Å². The van der Waals surface area contributed by atoms with Crippen LogP contribution in [0, 0.1) is 5.82 Å². The summed E-state index contributed by atoms with van der Waals surface area (Å²) in [6.45, 7) is 0. The van der Waals surface area contributed by atoms with Gasteiger partial charge in [0.05, 0.1) is 23.2 Å². The molecule has 0 aliphatic carbocycles. The van der Waals surface area contributed by atoms with Gasteiger partial charge in [-0.1, -0.05) is 39.8 Å². The fourth-order valence-electron chi connectivity index (χ4n) is 2.90. The fourth-order valence-corrected chi connectivity index (χ4v) is 4.30. The van der Waals surface area contributed by atoms with E-state index in [9.17, 15) is 9.50 Å². The molecular weight excluding hydrogens is 367 g/mol. The molecule has 1 aliphatic heterocycles. The molecule has 0 bridgehead atoms. The van der Waals surface area contributed by atoms with Crippen LogP contribution in [0.15, 0.2) is 52.1 Å². The van der Waals surface area contributed by atoms with Gasteiger partial charge in [-0.3, -0.25) is 0 Å². The first-order valence-electron chi connectivity index (χ1n) is 6.88. The van der Waals surface area contributed by atoms with Crippen molar-refractivity contribution in [3.63, 3.8) is 0 Å². The van der Waals surface area contributed by atoms with Crippen LogP contribution in [0.3, 0.4) is 0 Å². The second kappa shape index (κ2) is 5.37. The Hall–Kier alpha value is -1.37. The first-order chi connectivity index (χ1) is 10.6. The molecule has 3 nitrogen and oxygen atoms in total. The predicted molar refractivity (Wildman–Crippen MR) is 88.7 cm³/mol. The van der Waals surface area contributed by atoms with Crippen LogP contribution in [0.5, 0.6) is 0 Å². The van der Waals surface area contributed by atoms with Crippen molar-refractivity contribution in [2.24, 2.45) is 0 Å². The standard InChI is InChI=1S/C16H12BrFN2OS/c17-9-5-6-11(18)10(7-9)15-14(21)8-22-16-19-12-3-1-2-4-13(12)20(15)16/h1-7,14-15,21H,8H2/t14-,15+/m0/s1. The maximum atomic E-state index is 14.4. The van der Waals surface area contributed by atoms with Gasteiger partial charge in [0.15, 0.2) is 5.16 Å². The monoisotopic (exact) mass is 378 g/mol. The summed E-state index contributed by atoms with van der Waals surface area (Å²) >= 11 is 4.88. The van der Waals surface area contributed by atoms with Crippen LogP contribution in [-0.4, -0.2) is 26.5 Å². The molecule has 22 heavy (non-hydrogen) atoms. The number of halogens is 2. The van der Waals surface area contributed by atoms with Gasteiger partial charge in [0, 0.05) is 15.8 Å². The average Bonchev–Trinajstić information content (AvgIpc) is 2.89. The third-order valence-corrected chi connectivity index (χ3v) is 5.41. The van der Waals surface area contributed by atoms with Crippen molar-refractivity contribution >= 4 is 38.7 Å². The Labute approximate surface area is 139 Å². The van der Waals surface area contributed by atoms with Gasteiger partial charge in [0.2, 0.25) is 0 Å². The van der Waals surface area contributed by atoms with Crippen molar-refractivity contribution in [1.82, 2.24) is 9.55 Å². The predicted octanol–water partition coefficient (Wildman–Crippen LogP) is 3.99. The van der Waals surface area contributed by atoms with Gasteiger partial charge in [-0.25, -0.2) is 9.37 Å². The van der Waals surface area contributed by atoms with Crippen molar-refractivity contribution in [1.29, 1.82) is 0 Å². The highest BCUT2D eigenvalue weighted by atomic mass is 79.9. The Morgan fingerprint density at radius 3 is 2.95 bits per heavy atom. The topological polar surface area (TPSA) is 38.1 Å². The largest absolute Gasteiger partial charge is 0.390 e. The molecule has 1 N–H and O–H groups in total. The van der Waals surface area contributed by atoms with Crippen LogP contribution >= 0.6 is 27.7 Å². The fraction of sp³-hybridized carbons (Fsp3) is 0.188. The van der Waals surface area contributed by atoms with Crippen molar-refractivity contribution in [3.8, 4) is 0 Å². The van der Waals surface area contributed by atoms with Crippen molar-refractivity contribution in [2.45, 2.75) is 17.3 Å². The number of benzene rings is 2. The molecule has 4 rings (SSSR count). The van der Waals surface area contributed by atoms with Crippen molar-refractivity contribution in [3.05, 3.63) is 58.3 Å². The Morgan fingerprint density at radius 2 is 2.09 bits per heavy atom. The van der Waals surface area contributed by atoms with E-state index in [1.807, 2.05) is 28.8 Å². The maximum Gasteiger partial charge on any atom is 0.169 e. The minimum Gasteiger partial charge on any atom is -0.390 e. The number of para-hydroxylation sites is 2. The van der Waals surface area contributed by atoms with Gasteiger partial charge in [-0.05, 0) is 30.3 Å². The number of hydrogen-bond acceptors (Lipinski definition) is 3. The number of aliphatic hydroxyl groups is 1. The van der Waals surface area contributed by atoms with Crippen LogP contribution in [0.2, 0.25) is 0 Å². The summed E-state index contributed by atoms with van der Waals surface area (Å²) in [5.74, 6) is 0.183. The molecule has 3 aromatic rings. The Kier molecular flexibility index (Phi) is 3.47. The third kappa shape index (κ3) is 2.17. The van der Waals surface area contributed by atoms with E-state index in [1.165, 1.54) is 17.8 Å². The highest BCUT2D eigenvalue weighted by Crippen LogP contribution is 2.39. The molecule has 1 aromatic heterocycles. The molecular formula is C16H12BrFN2OS. The Bertz CT molecular complexity index is 866. The van der Waals surface area contributed by atoms with E-state index in [0.717, 1.165) is 20.7 Å². The van der Waals surface area contributed by atoms with Crippen LogP contribution in [0.1, 0.15) is 11.6 Å². The lowest BCUT2D eigenvalue weighted by Crippen LogP contribution is -2.32. The zero-order valence-electron chi connectivity index (χ0n) is 11.4. The third-order valence-electron chi connectivity index (χ3n) is 3.87. The number of thioether (sulfide) groups is 1. The first-order valence-corrected chi connectivity index (χ1v) is 8.66. The zero-order chi connectivity index (χ0) is 15.3. The van der Waals surface area contributed by atoms with Crippen LogP contribution in [-0.2, 0) is 0 Å². The van der Waals surface area contributed by atoms with E-state index in [2.05, 4.69) is 20.9 Å². The summed E-state index contributed by atoms with van der Waals surface area (Å²) < 4.78 is 17.1. The van der Waals surface area contributed by atoms with Crippen LogP contribution < -0.4 is 0 Å². The van der Waals surface area contributed by atoms with Gasteiger partial charge in [0.1, 0.15) is 5.82 Å².